The van der Waals surface area contributed by atoms with Crippen LogP contribution in [0.3, 0.4) is 0 Å². The molecule has 3 N–H and O–H groups in total. The molecule has 1 aliphatic rings. The molecular weight excluding hydrogens is 272 g/mol. The molecule has 2 atom stereocenters. The highest BCUT2D eigenvalue weighted by molar-refractivity contribution is 5.74. The first-order valence-corrected chi connectivity index (χ1v) is 7.82. The van der Waals surface area contributed by atoms with Crippen LogP contribution in [0.2, 0.25) is 0 Å². The van der Waals surface area contributed by atoms with Gasteiger partial charge in [0.25, 0.3) is 0 Å². The van der Waals surface area contributed by atoms with Crippen LogP contribution in [0.15, 0.2) is 0 Å². The van der Waals surface area contributed by atoms with Crippen molar-refractivity contribution in [3.63, 3.8) is 0 Å². The molecule has 6 nitrogen and oxygen atoms in total. The van der Waals surface area contributed by atoms with Gasteiger partial charge in [0.2, 0.25) is 0 Å². The molecule has 2 amide bonds. The number of nitrogens with one attached hydrogen (secondary N) is 1. The number of aliphatic carboxylic acids is 1. The Kier molecular flexibility index (Phi) is 7.50. The SMILES string of the molecule is CC(CCNC(=O)N1CCC(C(C)O)CC1)CCC(=O)O. The summed E-state index contributed by atoms with van der Waals surface area (Å²) in [6.45, 7) is 5.77. The second-order valence-electron chi connectivity index (χ2n) is 6.12. The number of rotatable bonds is 7. The lowest BCUT2D eigenvalue weighted by Crippen LogP contribution is -2.46. The van der Waals surface area contributed by atoms with Crippen molar-refractivity contribution in [2.75, 3.05) is 19.6 Å². The number of aliphatic hydroxyl groups excluding tert-OH is 1. The zero-order valence-electron chi connectivity index (χ0n) is 13.0. The Morgan fingerprint density at radius 2 is 1.86 bits per heavy atom. The first kappa shape index (κ1) is 17.8. The summed E-state index contributed by atoms with van der Waals surface area (Å²) in [7, 11) is 0. The number of urea groups is 1. The topological polar surface area (TPSA) is 89.9 Å². The highest BCUT2D eigenvalue weighted by atomic mass is 16.4. The third kappa shape index (κ3) is 6.80. The van der Waals surface area contributed by atoms with E-state index >= 15 is 0 Å². The molecule has 1 rings (SSSR count). The normalized spacial score (nSPS) is 19.1. The van der Waals surface area contributed by atoms with Crippen LogP contribution in [-0.4, -0.2) is 52.9 Å². The number of aliphatic hydroxyl groups is 1. The molecule has 0 saturated carbocycles. The molecule has 21 heavy (non-hydrogen) atoms. The lowest BCUT2D eigenvalue weighted by molar-refractivity contribution is -0.137. The summed E-state index contributed by atoms with van der Waals surface area (Å²) in [6.07, 6.45) is 3.02. The van der Waals surface area contributed by atoms with E-state index in [0.717, 1.165) is 19.3 Å². The van der Waals surface area contributed by atoms with Crippen LogP contribution >= 0.6 is 0 Å². The third-order valence-electron chi connectivity index (χ3n) is 4.27. The second kappa shape index (κ2) is 8.87. The summed E-state index contributed by atoms with van der Waals surface area (Å²) in [5.74, 6) is -0.181. The van der Waals surface area contributed by atoms with Gasteiger partial charge in [-0.2, -0.15) is 0 Å². The third-order valence-corrected chi connectivity index (χ3v) is 4.27. The van der Waals surface area contributed by atoms with E-state index in [0.29, 0.717) is 37.9 Å². The predicted octanol–water partition coefficient (Wildman–Crippen LogP) is 1.68. The molecule has 1 fully saturated rings. The van der Waals surface area contributed by atoms with E-state index in [4.69, 9.17) is 5.11 Å². The monoisotopic (exact) mass is 300 g/mol. The van der Waals surface area contributed by atoms with Crippen molar-refractivity contribution in [2.24, 2.45) is 11.8 Å². The minimum Gasteiger partial charge on any atom is -0.481 e. The van der Waals surface area contributed by atoms with Gasteiger partial charge < -0.3 is 20.4 Å². The van der Waals surface area contributed by atoms with E-state index < -0.39 is 5.97 Å². The van der Waals surface area contributed by atoms with Gasteiger partial charge in [0.15, 0.2) is 0 Å². The average molecular weight is 300 g/mol. The van der Waals surface area contributed by atoms with Gasteiger partial charge in [-0.15, -0.1) is 0 Å². The van der Waals surface area contributed by atoms with E-state index in [1.54, 1.807) is 11.8 Å². The van der Waals surface area contributed by atoms with E-state index in [1.165, 1.54) is 0 Å². The van der Waals surface area contributed by atoms with E-state index in [-0.39, 0.29) is 18.6 Å². The molecule has 1 aliphatic heterocycles. The molecular formula is C15H28N2O4. The number of nitrogens with zero attached hydrogens (tertiary/aromatic N) is 1. The molecule has 2 unspecified atom stereocenters. The van der Waals surface area contributed by atoms with Crippen molar-refractivity contribution in [1.82, 2.24) is 10.2 Å². The summed E-state index contributed by atoms with van der Waals surface area (Å²) >= 11 is 0. The Hall–Kier alpha value is -1.30. The fraction of sp³-hybridized carbons (Fsp3) is 0.867. The van der Waals surface area contributed by atoms with Crippen LogP contribution < -0.4 is 5.32 Å². The van der Waals surface area contributed by atoms with E-state index in [1.807, 2.05) is 6.92 Å². The molecule has 1 heterocycles. The standard InChI is InChI=1S/C15H28N2O4/c1-11(3-4-14(19)20)5-8-16-15(21)17-9-6-13(7-10-17)12(2)18/h11-13,18H,3-10H2,1-2H3,(H,16,21)(H,19,20). The van der Waals surface area contributed by atoms with Crippen molar-refractivity contribution < 1.29 is 19.8 Å². The minimum absolute atomic E-state index is 0.0514. The number of carbonyl (C=O) groups excluding carboxylic acids is 1. The largest absolute Gasteiger partial charge is 0.481 e. The number of carboxylic acid groups (broad SMARTS) is 1. The van der Waals surface area contributed by atoms with Crippen molar-refractivity contribution in [3.8, 4) is 0 Å². The zero-order chi connectivity index (χ0) is 15.8. The van der Waals surface area contributed by atoms with Crippen molar-refractivity contribution >= 4 is 12.0 Å². The average Bonchev–Trinajstić information content (AvgIpc) is 2.45. The molecule has 0 spiro atoms. The number of piperidine rings is 1. The van der Waals surface area contributed by atoms with Gasteiger partial charge in [-0.1, -0.05) is 6.92 Å². The molecule has 0 aromatic heterocycles. The lowest BCUT2D eigenvalue weighted by Gasteiger charge is -2.33. The smallest absolute Gasteiger partial charge is 0.317 e. The van der Waals surface area contributed by atoms with Gasteiger partial charge >= 0.3 is 12.0 Å². The Bertz CT molecular complexity index is 339. The number of carbonyl (C=O) groups is 2. The van der Waals surface area contributed by atoms with Gasteiger partial charge in [0.1, 0.15) is 0 Å². The van der Waals surface area contributed by atoms with Gasteiger partial charge in [-0.3, -0.25) is 4.79 Å². The summed E-state index contributed by atoms with van der Waals surface area (Å²) in [4.78, 5) is 24.2. The number of likely N-dealkylation sites (tertiary alicyclic amines) is 1. The van der Waals surface area contributed by atoms with Gasteiger partial charge in [0.05, 0.1) is 6.10 Å². The molecule has 0 aromatic rings. The van der Waals surface area contributed by atoms with Crippen LogP contribution in [0.1, 0.15) is 46.0 Å². The molecule has 0 radical (unpaired) electrons. The lowest BCUT2D eigenvalue weighted by atomic mass is 9.92. The Labute approximate surface area is 126 Å². The Balaban J connectivity index is 2.15. The summed E-state index contributed by atoms with van der Waals surface area (Å²) < 4.78 is 0. The Morgan fingerprint density at radius 3 is 2.38 bits per heavy atom. The fourth-order valence-electron chi connectivity index (χ4n) is 2.64. The first-order valence-electron chi connectivity index (χ1n) is 7.82. The Morgan fingerprint density at radius 1 is 1.24 bits per heavy atom. The maximum absolute atomic E-state index is 12.0. The van der Waals surface area contributed by atoms with Crippen LogP contribution in [0.5, 0.6) is 0 Å². The van der Waals surface area contributed by atoms with Crippen LogP contribution in [0, 0.1) is 11.8 Å². The first-order chi connectivity index (χ1) is 9.90. The molecule has 6 heteroatoms. The van der Waals surface area contributed by atoms with Gasteiger partial charge in [0, 0.05) is 26.1 Å². The highest BCUT2D eigenvalue weighted by Gasteiger charge is 2.25. The maximum atomic E-state index is 12.0. The summed E-state index contributed by atoms with van der Waals surface area (Å²) in [6, 6.07) is -0.0514. The number of amides is 2. The maximum Gasteiger partial charge on any atom is 0.317 e. The van der Waals surface area contributed by atoms with Gasteiger partial charge in [-0.05, 0) is 44.4 Å². The van der Waals surface area contributed by atoms with Crippen molar-refractivity contribution in [2.45, 2.75) is 52.1 Å². The van der Waals surface area contributed by atoms with Crippen LogP contribution in [0.25, 0.3) is 0 Å². The molecule has 0 aliphatic carbocycles. The van der Waals surface area contributed by atoms with E-state index in [2.05, 4.69) is 5.32 Å². The van der Waals surface area contributed by atoms with Crippen molar-refractivity contribution in [3.05, 3.63) is 0 Å². The number of hydrogen-bond acceptors (Lipinski definition) is 3. The minimum atomic E-state index is -0.771. The number of carboxylic acids is 1. The predicted molar refractivity (Wildman–Crippen MR) is 80.0 cm³/mol. The fourth-order valence-corrected chi connectivity index (χ4v) is 2.64. The van der Waals surface area contributed by atoms with Gasteiger partial charge in [-0.25, -0.2) is 4.79 Å². The molecule has 0 aromatic carbocycles. The summed E-state index contributed by atoms with van der Waals surface area (Å²) in [5, 5.41) is 21.0. The second-order valence-corrected chi connectivity index (χ2v) is 6.12. The highest BCUT2D eigenvalue weighted by Crippen LogP contribution is 2.20. The van der Waals surface area contributed by atoms with Crippen LogP contribution in [-0.2, 0) is 4.79 Å². The molecule has 1 saturated heterocycles. The van der Waals surface area contributed by atoms with Crippen LogP contribution in [0.4, 0.5) is 4.79 Å². The molecule has 0 bridgehead atoms. The quantitative estimate of drug-likeness (QED) is 0.667. The summed E-state index contributed by atoms with van der Waals surface area (Å²) in [5.41, 5.74) is 0. The number of hydrogen-bond donors (Lipinski definition) is 3. The molecule has 122 valence electrons. The zero-order valence-corrected chi connectivity index (χ0v) is 13.0. The van der Waals surface area contributed by atoms with E-state index in [9.17, 15) is 14.7 Å². The van der Waals surface area contributed by atoms with Crippen molar-refractivity contribution in [1.29, 1.82) is 0 Å².